The number of rotatable bonds is 7. The number of benzene rings is 2. The van der Waals surface area contributed by atoms with Crippen molar-refractivity contribution in [1.29, 1.82) is 0 Å². The predicted molar refractivity (Wildman–Crippen MR) is 103 cm³/mol. The first-order chi connectivity index (χ1) is 13.2. The summed E-state index contributed by atoms with van der Waals surface area (Å²) >= 11 is 11.7. The van der Waals surface area contributed by atoms with Crippen LogP contribution in [-0.2, 0) is 14.3 Å². The van der Waals surface area contributed by atoms with Crippen molar-refractivity contribution in [2.45, 2.75) is 19.6 Å². The molecule has 9 heteroatoms. The average molecular weight is 430 g/mol. The predicted octanol–water partition coefficient (Wildman–Crippen LogP) is 5.18. The van der Waals surface area contributed by atoms with Crippen LogP contribution in [0.2, 0.25) is 10.0 Å². The fourth-order valence-corrected chi connectivity index (χ4v) is 2.59. The molecule has 0 aliphatic rings. The van der Waals surface area contributed by atoms with Crippen LogP contribution in [0, 0.1) is 0 Å². The Hall–Kier alpha value is -2.64. The lowest BCUT2D eigenvalue weighted by atomic mass is 10.2. The molecule has 5 nitrogen and oxygen atoms in total. The van der Waals surface area contributed by atoms with Gasteiger partial charge < -0.3 is 14.8 Å². The highest BCUT2D eigenvalue weighted by atomic mass is 35.5. The van der Waals surface area contributed by atoms with Crippen LogP contribution in [-0.4, -0.2) is 24.6 Å². The first kappa shape index (κ1) is 21.7. The van der Waals surface area contributed by atoms with Gasteiger partial charge in [-0.25, -0.2) is 4.79 Å². The third-order valence-electron chi connectivity index (χ3n) is 3.31. The number of anilines is 1. The Morgan fingerprint density at radius 3 is 2.25 bits per heavy atom. The normalized spacial score (nSPS) is 12.1. The molecule has 0 aliphatic heterocycles. The van der Waals surface area contributed by atoms with Crippen LogP contribution in [0.25, 0.3) is 6.08 Å². The maximum atomic E-state index is 12.1. The zero-order valence-corrected chi connectivity index (χ0v) is 16.0. The maximum absolute atomic E-state index is 12.1. The van der Waals surface area contributed by atoms with Crippen LogP contribution in [0.15, 0.2) is 48.5 Å². The Bertz CT molecular complexity index is 852. The second-order valence-electron chi connectivity index (χ2n) is 5.51. The summed E-state index contributed by atoms with van der Waals surface area (Å²) in [5.74, 6) is -1.31. The van der Waals surface area contributed by atoms with Gasteiger partial charge in [0.1, 0.15) is 5.75 Å². The number of halogens is 4. The minimum absolute atomic E-state index is 0.00105. The standard InChI is InChI=1S/C19H15Cl2F2NO4/c1-11(18(26)24-15-9-13(20)8-14(21)10-15)27-17(25)7-4-12-2-5-16(6-3-12)28-19(22)23/h2-11,19H,1H3,(H,24,26)/b7-4+/t11-/m1/s1. The summed E-state index contributed by atoms with van der Waals surface area (Å²) in [5.41, 5.74) is 0.927. The summed E-state index contributed by atoms with van der Waals surface area (Å²) in [6.45, 7) is -1.50. The number of nitrogens with one attached hydrogen (secondary N) is 1. The van der Waals surface area contributed by atoms with E-state index < -0.39 is 24.6 Å². The minimum atomic E-state index is -2.91. The van der Waals surface area contributed by atoms with Crippen molar-refractivity contribution in [3.8, 4) is 5.75 Å². The van der Waals surface area contributed by atoms with Crippen LogP contribution in [0.1, 0.15) is 12.5 Å². The fourth-order valence-electron chi connectivity index (χ4n) is 2.06. The summed E-state index contributed by atoms with van der Waals surface area (Å²) in [7, 11) is 0. The third-order valence-corrected chi connectivity index (χ3v) is 3.75. The highest BCUT2D eigenvalue weighted by molar-refractivity contribution is 6.35. The smallest absolute Gasteiger partial charge is 0.387 e. The molecule has 0 saturated carbocycles. The number of hydrogen-bond acceptors (Lipinski definition) is 4. The van der Waals surface area contributed by atoms with Gasteiger partial charge in [0.15, 0.2) is 6.10 Å². The molecule has 0 fully saturated rings. The van der Waals surface area contributed by atoms with Crippen LogP contribution in [0.4, 0.5) is 14.5 Å². The van der Waals surface area contributed by atoms with Crippen molar-refractivity contribution in [1.82, 2.24) is 0 Å². The van der Waals surface area contributed by atoms with Crippen LogP contribution in [0.3, 0.4) is 0 Å². The number of hydrogen-bond donors (Lipinski definition) is 1. The van der Waals surface area contributed by atoms with Crippen molar-refractivity contribution in [2.75, 3.05) is 5.32 Å². The Kier molecular flexibility index (Phi) is 7.78. The minimum Gasteiger partial charge on any atom is -0.449 e. The first-order valence-corrected chi connectivity index (χ1v) is 8.69. The lowest BCUT2D eigenvalue weighted by molar-refractivity contribution is -0.148. The molecule has 0 radical (unpaired) electrons. The van der Waals surface area contributed by atoms with E-state index in [9.17, 15) is 18.4 Å². The maximum Gasteiger partial charge on any atom is 0.387 e. The molecule has 28 heavy (non-hydrogen) atoms. The molecule has 0 bridgehead atoms. The Labute approximate surface area is 169 Å². The lowest BCUT2D eigenvalue weighted by Gasteiger charge is -2.12. The van der Waals surface area contributed by atoms with Crippen LogP contribution in [0.5, 0.6) is 5.75 Å². The molecular formula is C19H15Cl2F2NO4. The number of carbonyl (C=O) groups is 2. The largest absolute Gasteiger partial charge is 0.449 e. The molecule has 2 rings (SSSR count). The zero-order valence-electron chi connectivity index (χ0n) is 14.5. The van der Waals surface area contributed by atoms with E-state index in [-0.39, 0.29) is 5.75 Å². The molecule has 148 valence electrons. The Balaban J connectivity index is 1.88. The van der Waals surface area contributed by atoms with Crippen molar-refractivity contribution in [3.63, 3.8) is 0 Å². The van der Waals surface area contributed by atoms with Crippen LogP contribution >= 0.6 is 23.2 Å². The summed E-state index contributed by atoms with van der Waals surface area (Å²) < 4.78 is 33.4. The van der Waals surface area contributed by atoms with Gasteiger partial charge in [0.2, 0.25) is 0 Å². The SMILES string of the molecule is C[C@@H](OC(=O)/C=C/c1ccc(OC(F)F)cc1)C(=O)Nc1cc(Cl)cc(Cl)c1. The van der Waals surface area contributed by atoms with Gasteiger partial charge in [-0.1, -0.05) is 35.3 Å². The zero-order chi connectivity index (χ0) is 20.7. The summed E-state index contributed by atoms with van der Waals surface area (Å²) in [6.07, 6.45) is 1.45. The van der Waals surface area contributed by atoms with Gasteiger partial charge in [-0.05, 0) is 48.9 Å². The number of ether oxygens (including phenoxy) is 2. The highest BCUT2D eigenvalue weighted by Gasteiger charge is 2.17. The topological polar surface area (TPSA) is 64.6 Å². The molecule has 1 amide bonds. The van der Waals surface area contributed by atoms with Crippen molar-refractivity contribution < 1.29 is 27.8 Å². The van der Waals surface area contributed by atoms with E-state index in [1.54, 1.807) is 0 Å². The first-order valence-electron chi connectivity index (χ1n) is 7.93. The molecule has 0 heterocycles. The summed E-state index contributed by atoms with van der Waals surface area (Å²) in [6, 6.07) is 10.2. The van der Waals surface area contributed by atoms with Crippen molar-refractivity contribution >= 4 is 46.8 Å². The molecule has 1 atom stereocenters. The van der Waals surface area contributed by atoms with Gasteiger partial charge in [-0.2, -0.15) is 8.78 Å². The van der Waals surface area contributed by atoms with Gasteiger partial charge in [0, 0.05) is 21.8 Å². The van der Waals surface area contributed by atoms with Crippen molar-refractivity contribution in [2.24, 2.45) is 0 Å². The monoisotopic (exact) mass is 429 g/mol. The molecule has 2 aromatic rings. The average Bonchev–Trinajstić information content (AvgIpc) is 2.59. The highest BCUT2D eigenvalue weighted by Crippen LogP contribution is 2.22. The molecule has 0 saturated heterocycles. The van der Waals surface area contributed by atoms with E-state index in [1.807, 2.05) is 0 Å². The molecule has 0 unspecified atom stereocenters. The van der Waals surface area contributed by atoms with Gasteiger partial charge in [-0.3, -0.25) is 4.79 Å². The molecule has 0 aliphatic carbocycles. The van der Waals surface area contributed by atoms with Gasteiger partial charge in [0.25, 0.3) is 5.91 Å². The van der Waals surface area contributed by atoms with E-state index in [4.69, 9.17) is 27.9 Å². The molecule has 1 N–H and O–H groups in total. The molecule has 2 aromatic carbocycles. The van der Waals surface area contributed by atoms with E-state index in [0.29, 0.717) is 21.3 Å². The quantitative estimate of drug-likeness (QED) is 0.486. The lowest BCUT2D eigenvalue weighted by Crippen LogP contribution is -2.29. The number of carbonyl (C=O) groups excluding carboxylic acids is 2. The van der Waals surface area contributed by atoms with Gasteiger partial charge in [0.05, 0.1) is 0 Å². The van der Waals surface area contributed by atoms with E-state index in [0.717, 1.165) is 6.08 Å². The van der Waals surface area contributed by atoms with E-state index >= 15 is 0 Å². The third kappa shape index (κ3) is 7.17. The Morgan fingerprint density at radius 1 is 1.07 bits per heavy atom. The Morgan fingerprint density at radius 2 is 1.68 bits per heavy atom. The van der Waals surface area contributed by atoms with Crippen molar-refractivity contribution in [3.05, 3.63) is 64.1 Å². The van der Waals surface area contributed by atoms with Gasteiger partial charge in [-0.15, -0.1) is 0 Å². The van der Waals surface area contributed by atoms with Gasteiger partial charge >= 0.3 is 12.6 Å². The molecule has 0 aromatic heterocycles. The molecular weight excluding hydrogens is 415 g/mol. The van der Waals surface area contributed by atoms with E-state index in [2.05, 4.69) is 10.1 Å². The van der Waals surface area contributed by atoms with Crippen LogP contribution < -0.4 is 10.1 Å². The number of amides is 1. The second-order valence-corrected chi connectivity index (χ2v) is 6.38. The fraction of sp³-hybridized carbons (Fsp3) is 0.158. The number of esters is 1. The number of alkyl halides is 2. The van der Waals surface area contributed by atoms with E-state index in [1.165, 1.54) is 55.5 Å². The molecule has 0 spiro atoms. The summed E-state index contributed by atoms with van der Waals surface area (Å²) in [4.78, 5) is 23.9. The summed E-state index contributed by atoms with van der Waals surface area (Å²) in [5, 5.41) is 3.24. The second kappa shape index (κ2) is 10.1.